The van der Waals surface area contributed by atoms with Gasteiger partial charge in [0.2, 0.25) is 0 Å². The molecule has 21 heavy (non-hydrogen) atoms. The number of ether oxygens (including phenoxy) is 1. The molecule has 1 rings (SSSR count). The second-order valence-corrected chi connectivity index (χ2v) is 7.07. The molecular weight excluding hydrogens is 256 g/mol. The Labute approximate surface area is 134 Å². The normalized spacial score (nSPS) is 22.6. The highest BCUT2D eigenvalue weighted by atomic mass is 16.5. The van der Waals surface area contributed by atoms with Crippen LogP contribution in [0.4, 0.5) is 0 Å². The quantitative estimate of drug-likeness (QED) is 0.336. The van der Waals surface area contributed by atoms with Crippen LogP contribution in [-0.4, -0.2) is 12.7 Å². The molecule has 1 fully saturated rings. The maximum Gasteiger partial charge on any atom is 0.0603 e. The van der Waals surface area contributed by atoms with Crippen LogP contribution in [0.25, 0.3) is 0 Å². The Bertz CT molecular complexity index is 214. The van der Waals surface area contributed by atoms with Gasteiger partial charge in [0.15, 0.2) is 0 Å². The topological polar surface area (TPSA) is 9.23 Å². The maximum absolute atomic E-state index is 6.10. The van der Waals surface area contributed by atoms with Gasteiger partial charge < -0.3 is 4.74 Å². The molecule has 0 amide bonds. The molecule has 1 aliphatic rings. The molecule has 1 nitrogen and oxygen atoms in total. The van der Waals surface area contributed by atoms with Crippen LogP contribution in [0.15, 0.2) is 0 Å². The Balaban J connectivity index is 2.08. The van der Waals surface area contributed by atoms with Crippen LogP contribution in [0, 0.1) is 5.92 Å². The Morgan fingerprint density at radius 3 is 1.95 bits per heavy atom. The molecule has 126 valence electrons. The molecule has 1 saturated heterocycles. The van der Waals surface area contributed by atoms with Crippen LogP contribution in [-0.2, 0) is 4.74 Å². The van der Waals surface area contributed by atoms with E-state index in [9.17, 15) is 0 Å². The first-order chi connectivity index (χ1) is 10.4. The molecule has 1 aliphatic heterocycles. The lowest BCUT2D eigenvalue weighted by Gasteiger charge is -2.32. The van der Waals surface area contributed by atoms with E-state index in [1.54, 1.807) is 0 Å². The first-order valence-corrected chi connectivity index (χ1v) is 10.00. The van der Waals surface area contributed by atoms with Gasteiger partial charge in [0, 0.05) is 6.61 Å². The molecular formula is C20H40O. The summed E-state index contributed by atoms with van der Waals surface area (Å²) in [5, 5.41) is 0. The minimum absolute atomic E-state index is 0.594. The van der Waals surface area contributed by atoms with Gasteiger partial charge in [-0.3, -0.25) is 0 Å². The van der Waals surface area contributed by atoms with Crippen LogP contribution < -0.4 is 0 Å². The third kappa shape index (κ3) is 9.55. The zero-order valence-corrected chi connectivity index (χ0v) is 14.9. The standard InChI is InChI=1S/C20H40O/c1-3-5-7-9-11-13-17-20-19(16-14-18-21-20)15-12-10-8-6-4-2/h19-20H,3-18H2,1-2H3/t19-,20+/m0/s1. The van der Waals surface area contributed by atoms with Crippen molar-refractivity contribution >= 4 is 0 Å². The summed E-state index contributed by atoms with van der Waals surface area (Å²) in [5.41, 5.74) is 0. The van der Waals surface area contributed by atoms with E-state index in [0.717, 1.165) is 12.5 Å². The van der Waals surface area contributed by atoms with Gasteiger partial charge >= 0.3 is 0 Å². The lowest BCUT2D eigenvalue weighted by molar-refractivity contribution is -0.0352. The van der Waals surface area contributed by atoms with Crippen molar-refractivity contribution in [2.75, 3.05) is 6.61 Å². The summed E-state index contributed by atoms with van der Waals surface area (Å²) in [7, 11) is 0. The summed E-state index contributed by atoms with van der Waals surface area (Å²) in [6.45, 7) is 5.61. The molecule has 0 aliphatic carbocycles. The average molecular weight is 297 g/mol. The van der Waals surface area contributed by atoms with Crippen molar-refractivity contribution in [1.29, 1.82) is 0 Å². The molecule has 2 atom stereocenters. The highest BCUT2D eigenvalue weighted by Gasteiger charge is 2.24. The zero-order chi connectivity index (χ0) is 15.2. The third-order valence-corrected chi connectivity index (χ3v) is 5.10. The smallest absolute Gasteiger partial charge is 0.0603 e. The molecule has 0 N–H and O–H groups in total. The number of hydrogen-bond acceptors (Lipinski definition) is 1. The largest absolute Gasteiger partial charge is 0.378 e. The van der Waals surface area contributed by atoms with E-state index in [2.05, 4.69) is 13.8 Å². The van der Waals surface area contributed by atoms with Gasteiger partial charge in [0.1, 0.15) is 0 Å². The van der Waals surface area contributed by atoms with E-state index in [0.29, 0.717) is 6.10 Å². The van der Waals surface area contributed by atoms with Crippen LogP contribution in [0.3, 0.4) is 0 Å². The van der Waals surface area contributed by atoms with Crippen LogP contribution in [0.5, 0.6) is 0 Å². The lowest BCUT2D eigenvalue weighted by atomic mass is 9.86. The van der Waals surface area contributed by atoms with Gasteiger partial charge in [-0.15, -0.1) is 0 Å². The number of rotatable bonds is 13. The zero-order valence-electron chi connectivity index (χ0n) is 14.9. The molecule has 0 aromatic rings. The fourth-order valence-corrected chi connectivity index (χ4v) is 3.69. The third-order valence-electron chi connectivity index (χ3n) is 5.10. The Hall–Kier alpha value is -0.0400. The average Bonchev–Trinajstić information content (AvgIpc) is 2.52. The summed E-state index contributed by atoms with van der Waals surface area (Å²) < 4.78 is 6.10. The molecule has 0 radical (unpaired) electrons. The monoisotopic (exact) mass is 296 g/mol. The van der Waals surface area contributed by atoms with Crippen molar-refractivity contribution in [3.8, 4) is 0 Å². The molecule has 0 aromatic carbocycles. The van der Waals surface area contributed by atoms with E-state index >= 15 is 0 Å². The summed E-state index contributed by atoms with van der Waals surface area (Å²) in [6, 6.07) is 0. The molecule has 1 heteroatoms. The van der Waals surface area contributed by atoms with Gasteiger partial charge in [-0.05, 0) is 31.6 Å². The first kappa shape index (κ1) is 19.0. The summed E-state index contributed by atoms with van der Waals surface area (Å²) >= 11 is 0. The Morgan fingerprint density at radius 1 is 0.714 bits per heavy atom. The summed E-state index contributed by atoms with van der Waals surface area (Å²) in [6.07, 6.45) is 21.6. The molecule has 0 unspecified atom stereocenters. The van der Waals surface area contributed by atoms with E-state index in [1.165, 1.54) is 96.3 Å². The predicted molar refractivity (Wildman–Crippen MR) is 93.8 cm³/mol. The summed E-state index contributed by atoms with van der Waals surface area (Å²) in [5.74, 6) is 0.871. The Kier molecular flexibility index (Phi) is 12.3. The van der Waals surface area contributed by atoms with Crippen molar-refractivity contribution in [1.82, 2.24) is 0 Å². The van der Waals surface area contributed by atoms with Gasteiger partial charge in [-0.1, -0.05) is 84.5 Å². The van der Waals surface area contributed by atoms with Crippen LogP contribution in [0.2, 0.25) is 0 Å². The van der Waals surface area contributed by atoms with Crippen molar-refractivity contribution < 1.29 is 4.74 Å². The van der Waals surface area contributed by atoms with E-state index in [1.807, 2.05) is 0 Å². The molecule has 0 aromatic heterocycles. The predicted octanol–water partition coefficient (Wildman–Crippen LogP) is 6.89. The minimum atomic E-state index is 0.594. The van der Waals surface area contributed by atoms with Crippen molar-refractivity contribution in [3.63, 3.8) is 0 Å². The lowest BCUT2D eigenvalue weighted by Crippen LogP contribution is -2.29. The Morgan fingerprint density at radius 2 is 1.29 bits per heavy atom. The second-order valence-electron chi connectivity index (χ2n) is 7.07. The molecule has 0 saturated carbocycles. The molecule has 0 spiro atoms. The fraction of sp³-hybridized carbons (Fsp3) is 1.00. The van der Waals surface area contributed by atoms with Gasteiger partial charge in [-0.2, -0.15) is 0 Å². The second kappa shape index (κ2) is 13.6. The highest BCUT2D eigenvalue weighted by Crippen LogP contribution is 2.29. The van der Waals surface area contributed by atoms with Crippen LogP contribution >= 0.6 is 0 Å². The SMILES string of the molecule is CCCCCCCC[C@H]1OCCC[C@@H]1CCCCCCC. The maximum atomic E-state index is 6.10. The van der Waals surface area contributed by atoms with E-state index in [4.69, 9.17) is 4.74 Å². The summed E-state index contributed by atoms with van der Waals surface area (Å²) in [4.78, 5) is 0. The number of hydrogen-bond donors (Lipinski definition) is 0. The minimum Gasteiger partial charge on any atom is -0.378 e. The fourth-order valence-electron chi connectivity index (χ4n) is 3.69. The molecule has 0 bridgehead atoms. The van der Waals surface area contributed by atoms with E-state index in [-0.39, 0.29) is 0 Å². The number of unbranched alkanes of at least 4 members (excludes halogenated alkanes) is 9. The van der Waals surface area contributed by atoms with Gasteiger partial charge in [0.25, 0.3) is 0 Å². The van der Waals surface area contributed by atoms with Gasteiger partial charge in [-0.25, -0.2) is 0 Å². The van der Waals surface area contributed by atoms with E-state index < -0.39 is 0 Å². The van der Waals surface area contributed by atoms with Crippen molar-refractivity contribution in [2.45, 2.75) is 116 Å². The van der Waals surface area contributed by atoms with Gasteiger partial charge in [0.05, 0.1) is 6.10 Å². The highest BCUT2D eigenvalue weighted by molar-refractivity contribution is 4.75. The first-order valence-electron chi connectivity index (χ1n) is 10.00. The van der Waals surface area contributed by atoms with Crippen molar-refractivity contribution in [3.05, 3.63) is 0 Å². The van der Waals surface area contributed by atoms with Crippen molar-refractivity contribution in [2.24, 2.45) is 5.92 Å². The molecule has 1 heterocycles. The van der Waals surface area contributed by atoms with Crippen LogP contribution in [0.1, 0.15) is 110 Å².